The zero-order chi connectivity index (χ0) is 14.5. The van der Waals surface area contributed by atoms with Crippen molar-refractivity contribution in [1.29, 1.82) is 0 Å². The Labute approximate surface area is 118 Å². The summed E-state index contributed by atoms with van der Waals surface area (Å²) >= 11 is 0. The minimum absolute atomic E-state index is 0.00687. The Hall–Kier alpha value is -2.30. The van der Waals surface area contributed by atoms with E-state index in [0.29, 0.717) is 19.4 Å². The Morgan fingerprint density at radius 3 is 2.85 bits per heavy atom. The van der Waals surface area contributed by atoms with Gasteiger partial charge in [0.1, 0.15) is 5.76 Å². The van der Waals surface area contributed by atoms with Gasteiger partial charge in [-0.2, -0.15) is 0 Å². The Bertz CT molecular complexity index is 585. The number of nitrogens with zero attached hydrogens (tertiary/aromatic N) is 1. The maximum atomic E-state index is 11.8. The third-order valence-corrected chi connectivity index (χ3v) is 3.24. The molecule has 106 valence electrons. The number of carbonyl (C=O) groups excluding carboxylic acids is 1. The summed E-state index contributed by atoms with van der Waals surface area (Å²) in [7, 11) is 0. The number of nitrogens with one attached hydrogen (secondary N) is 1. The quantitative estimate of drug-likeness (QED) is 0.818. The van der Waals surface area contributed by atoms with E-state index < -0.39 is 0 Å². The first kappa shape index (κ1) is 14.1. The Morgan fingerprint density at radius 1 is 1.40 bits per heavy atom. The maximum absolute atomic E-state index is 11.8. The molecule has 0 atom stereocenters. The Kier molecular flexibility index (Phi) is 4.40. The predicted octanol–water partition coefficient (Wildman–Crippen LogP) is 2.12. The molecule has 0 aliphatic rings. The van der Waals surface area contributed by atoms with E-state index in [1.54, 1.807) is 0 Å². The van der Waals surface area contributed by atoms with Gasteiger partial charge >= 0.3 is 0 Å². The SMILES string of the molecule is Cc1noc(C)c1CNC(=O)CCc1cccc(N)c1. The van der Waals surface area contributed by atoms with Crippen molar-refractivity contribution in [2.24, 2.45) is 0 Å². The first-order valence-corrected chi connectivity index (χ1v) is 6.59. The number of nitrogen functional groups attached to an aromatic ring is 1. The summed E-state index contributed by atoms with van der Waals surface area (Å²) in [4.78, 5) is 11.8. The molecule has 1 amide bonds. The van der Waals surface area contributed by atoms with Crippen molar-refractivity contribution >= 4 is 11.6 Å². The van der Waals surface area contributed by atoms with Gasteiger partial charge in [0.2, 0.25) is 5.91 Å². The third kappa shape index (κ3) is 3.60. The molecular weight excluding hydrogens is 254 g/mol. The number of rotatable bonds is 5. The van der Waals surface area contributed by atoms with E-state index in [-0.39, 0.29) is 5.91 Å². The number of hydrogen-bond acceptors (Lipinski definition) is 4. The van der Waals surface area contributed by atoms with Crippen LogP contribution >= 0.6 is 0 Å². The Morgan fingerprint density at radius 2 is 2.20 bits per heavy atom. The molecular formula is C15H19N3O2. The number of anilines is 1. The van der Waals surface area contributed by atoms with E-state index in [0.717, 1.165) is 28.3 Å². The van der Waals surface area contributed by atoms with Crippen molar-refractivity contribution in [1.82, 2.24) is 10.5 Å². The number of aryl methyl sites for hydroxylation is 3. The van der Waals surface area contributed by atoms with Crippen molar-refractivity contribution < 1.29 is 9.32 Å². The van der Waals surface area contributed by atoms with E-state index >= 15 is 0 Å². The number of benzene rings is 1. The summed E-state index contributed by atoms with van der Waals surface area (Å²) in [6.45, 7) is 4.16. The van der Waals surface area contributed by atoms with Gasteiger partial charge in [0, 0.05) is 24.2 Å². The van der Waals surface area contributed by atoms with Crippen LogP contribution < -0.4 is 11.1 Å². The van der Waals surface area contributed by atoms with Crippen LogP contribution in [0.1, 0.15) is 29.0 Å². The monoisotopic (exact) mass is 273 g/mol. The van der Waals surface area contributed by atoms with Gasteiger partial charge in [-0.3, -0.25) is 4.79 Å². The minimum Gasteiger partial charge on any atom is -0.399 e. The van der Waals surface area contributed by atoms with Crippen LogP contribution in [0.15, 0.2) is 28.8 Å². The van der Waals surface area contributed by atoms with Crippen LogP contribution in [0.5, 0.6) is 0 Å². The average molecular weight is 273 g/mol. The molecule has 0 spiro atoms. The molecule has 0 aliphatic heterocycles. The second-order valence-electron chi connectivity index (χ2n) is 4.82. The number of nitrogens with two attached hydrogens (primary N) is 1. The molecule has 5 heteroatoms. The van der Waals surface area contributed by atoms with Gasteiger partial charge in [0.05, 0.1) is 5.69 Å². The van der Waals surface area contributed by atoms with Gasteiger partial charge in [-0.05, 0) is 38.0 Å². The topological polar surface area (TPSA) is 81.2 Å². The first-order chi connectivity index (χ1) is 9.56. The van der Waals surface area contributed by atoms with Crippen molar-refractivity contribution in [3.05, 3.63) is 46.8 Å². The van der Waals surface area contributed by atoms with E-state index in [9.17, 15) is 4.79 Å². The highest BCUT2D eigenvalue weighted by molar-refractivity contribution is 5.76. The lowest BCUT2D eigenvalue weighted by Crippen LogP contribution is -2.23. The summed E-state index contributed by atoms with van der Waals surface area (Å²) in [5, 5.41) is 6.74. The molecule has 20 heavy (non-hydrogen) atoms. The molecule has 1 aromatic carbocycles. The summed E-state index contributed by atoms with van der Waals surface area (Å²) in [5.74, 6) is 0.756. The molecule has 1 heterocycles. The van der Waals surface area contributed by atoms with E-state index in [1.807, 2.05) is 38.1 Å². The standard InChI is InChI=1S/C15H19N3O2/c1-10-14(11(2)20-18-10)9-17-15(19)7-6-12-4-3-5-13(16)8-12/h3-5,8H,6-7,9,16H2,1-2H3,(H,17,19). The highest BCUT2D eigenvalue weighted by Crippen LogP contribution is 2.12. The van der Waals surface area contributed by atoms with Crippen LogP contribution in [0, 0.1) is 13.8 Å². The fourth-order valence-corrected chi connectivity index (χ4v) is 2.04. The van der Waals surface area contributed by atoms with Crippen molar-refractivity contribution in [2.45, 2.75) is 33.2 Å². The van der Waals surface area contributed by atoms with Gasteiger partial charge in [-0.15, -0.1) is 0 Å². The summed E-state index contributed by atoms with van der Waals surface area (Å²) < 4.78 is 5.05. The van der Waals surface area contributed by atoms with Gasteiger partial charge in [0.15, 0.2) is 0 Å². The molecule has 0 saturated carbocycles. The minimum atomic E-state index is 0.00687. The van der Waals surface area contributed by atoms with E-state index in [1.165, 1.54) is 0 Å². The number of aromatic nitrogens is 1. The van der Waals surface area contributed by atoms with Crippen LogP contribution in [0.4, 0.5) is 5.69 Å². The molecule has 0 unspecified atom stereocenters. The molecule has 2 aromatic rings. The lowest BCUT2D eigenvalue weighted by atomic mass is 10.1. The number of amides is 1. The fraction of sp³-hybridized carbons (Fsp3) is 0.333. The largest absolute Gasteiger partial charge is 0.399 e. The molecule has 0 fully saturated rings. The van der Waals surface area contributed by atoms with E-state index in [2.05, 4.69) is 10.5 Å². The highest BCUT2D eigenvalue weighted by atomic mass is 16.5. The summed E-state index contributed by atoms with van der Waals surface area (Å²) in [5.41, 5.74) is 9.26. The molecule has 3 N–H and O–H groups in total. The van der Waals surface area contributed by atoms with Crippen molar-refractivity contribution in [3.8, 4) is 0 Å². The molecule has 0 saturated heterocycles. The smallest absolute Gasteiger partial charge is 0.220 e. The Balaban J connectivity index is 1.81. The van der Waals surface area contributed by atoms with E-state index in [4.69, 9.17) is 10.3 Å². The second kappa shape index (κ2) is 6.23. The van der Waals surface area contributed by atoms with Crippen LogP contribution in [-0.2, 0) is 17.8 Å². The lowest BCUT2D eigenvalue weighted by Gasteiger charge is -2.05. The van der Waals surface area contributed by atoms with Crippen LogP contribution in [0.3, 0.4) is 0 Å². The molecule has 1 aromatic heterocycles. The predicted molar refractivity (Wildman–Crippen MR) is 77.0 cm³/mol. The molecule has 0 aliphatic carbocycles. The van der Waals surface area contributed by atoms with Gasteiger partial charge in [0.25, 0.3) is 0 Å². The van der Waals surface area contributed by atoms with Gasteiger partial charge in [-0.25, -0.2) is 0 Å². The number of hydrogen-bond donors (Lipinski definition) is 2. The highest BCUT2D eigenvalue weighted by Gasteiger charge is 2.10. The van der Waals surface area contributed by atoms with Gasteiger partial charge in [-0.1, -0.05) is 17.3 Å². The summed E-state index contributed by atoms with van der Waals surface area (Å²) in [6.07, 6.45) is 1.12. The molecule has 5 nitrogen and oxygen atoms in total. The van der Waals surface area contributed by atoms with Crippen molar-refractivity contribution in [3.63, 3.8) is 0 Å². The fourth-order valence-electron chi connectivity index (χ4n) is 2.04. The second-order valence-corrected chi connectivity index (χ2v) is 4.82. The number of carbonyl (C=O) groups is 1. The lowest BCUT2D eigenvalue weighted by molar-refractivity contribution is -0.121. The van der Waals surface area contributed by atoms with Gasteiger partial charge < -0.3 is 15.6 Å². The average Bonchev–Trinajstić information content (AvgIpc) is 2.74. The summed E-state index contributed by atoms with van der Waals surface area (Å²) in [6, 6.07) is 7.59. The molecule has 2 rings (SSSR count). The van der Waals surface area contributed by atoms with Crippen LogP contribution in [-0.4, -0.2) is 11.1 Å². The normalized spacial score (nSPS) is 10.5. The van der Waals surface area contributed by atoms with Crippen LogP contribution in [0.2, 0.25) is 0 Å². The van der Waals surface area contributed by atoms with Crippen molar-refractivity contribution in [2.75, 3.05) is 5.73 Å². The zero-order valence-electron chi connectivity index (χ0n) is 11.8. The molecule has 0 bridgehead atoms. The van der Waals surface area contributed by atoms with Crippen LogP contribution in [0.25, 0.3) is 0 Å². The molecule has 0 radical (unpaired) electrons. The zero-order valence-corrected chi connectivity index (χ0v) is 11.8. The third-order valence-electron chi connectivity index (χ3n) is 3.24. The maximum Gasteiger partial charge on any atom is 0.220 e. The first-order valence-electron chi connectivity index (χ1n) is 6.59.